The van der Waals surface area contributed by atoms with Crippen molar-refractivity contribution in [1.82, 2.24) is 0 Å². The maximum Gasteiger partial charge on any atom is 1.00 e. The average Bonchev–Trinajstić information content (AvgIpc) is 2.79. The van der Waals surface area contributed by atoms with Crippen LogP contribution in [-0.4, -0.2) is 25.4 Å². The van der Waals surface area contributed by atoms with Crippen molar-refractivity contribution in [1.29, 1.82) is 0 Å². The number of rotatable bonds is 2. The van der Waals surface area contributed by atoms with Gasteiger partial charge in [0.25, 0.3) is 0 Å². The molecule has 24 heavy (non-hydrogen) atoms. The van der Waals surface area contributed by atoms with Gasteiger partial charge in [-0.2, -0.15) is 0 Å². The van der Waals surface area contributed by atoms with Crippen molar-refractivity contribution in [2.24, 2.45) is 0 Å². The molecule has 1 aliphatic rings. The van der Waals surface area contributed by atoms with Gasteiger partial charge in [-0.25, -0.2) is 0 Å². The summed E-state index contributed by atoms with van der Waals surface area (Å²) in [5, 5.41) is 0.810. The summed E-state index contributed by atoms with van der Waals surface area (Å²) in [4.78, 5) is 3.69. The normalized spacial score (nSPS) is 16.5. The second kappa shape index (κ2) is 6.22. The van der Waals surface area contributed by atoms with E-state index in [1.165, 1.54) is 16.1 Å². The molecule has 10 heteroatoms. The van der Waals surface area contributed by atoms with Crippen molar-refractivity contribution < 1.29 is 18.3 Å². The Morgan fingerprint density at radius 1 is 1.00 bits per heavy atom. The van der Waals surface area contributed by atoms with Gasteiger partial charge >= 0.3 is 37.8 Å². The smallest absolute Gasteiger partial charge is 1.00 e. The van der Waals surface area contributed by atoms with Crippen LogP contribution in [-0.2, 0) is 6.54 Å². The molecular formula is C14H13ClF6NSSb. The van der Waals surface area contributed by atoms with E-state index in [1.54, 1.807) is 0 Å². The molecule has 3 rings (SSSR count). The third kappa shape index (κ3) is 7.90. The van der Waals surface area contributed by atoms with Gasteiger partial charge in [0.1, 0.15) is 0 Å². The first-order valence-corrected chi connectivity index (χ1v) is 13.7. The molecule has 0 aliphatic carbocycles. The van der Waals surface area contributed by atoms with E-state index in [-0.39, 0.29) is 1.43 Å². The Hall–Kier alpha value is -0.722. The monoisotopic (exact) mass is 497 g/mol. The Balaban J connectivity index is 0.000000339. The molecule has 134 valence electrons. The molecule has 1 nitrogen and oxygen atoms in total. The van der Waals surface area contributed by atoms with Crippen molar-refractivity contribution in [2.75, 3.05) is 10.8 Å². The second-order valence-electron chi connectivity index (χ2n) is 5.03. The zero-order chi connectivity index (χ0) is 18.1. The largest absolute Gasteiger partial charge is 1.00 e. The molecule has 2 aromatic rings. The summed E-state index contributed by atoms with van der Waals surface area (Å²) >= 11 is -3.32. The first kappa shape index (κ1) is 19.6. The maximum absolute atomic E-state index is 11.2. The van der Waals surface area contributed by atoms with Gasteiger partial charge in [-0.1, -0.05) is 41.9 Å². The van der Waals surface area contributed by atoms with Gasteiger partial charge in [-0.3, -0.25) is 0 Å². The summed E-state index contributed by atoms with van der Waals surface area (Å²) in [6, 6.07) is 16.6. The standard InChI is InChI=1S/C14H12ClNS.6FH.Sb/c15-12-6-7-14-13(8-12)16(10-17-14)9-11-4-2-1-3-5-11;;;;;;;/h1-8H,9-10H2;6*1H;/q;;;;;;;+5/p-5. The summed E-state index contributed by atoms with van der Waals surface area (Å²) in [6.45, 7) is 0.946. The van der Waals surface area contributed by atoms with E-state index in [1.807, 2.05) is 23.9 Å². The quantitative estimate of drug-likeness (QED) is 0.336. The van der Waals surface area contributed by atoms with Gasteiger partial charge in [-0.05, 0) is 23.8 Å². The number of thioether (sulfide) groups is 1. The molecule has 0 saturated carbocycles. The van der Waals surface area contributed by atoms with E-state index < -0.39 is 19.5 Å². The zero-order valence-corrected chi connectivity index (χ0v) is 16.1. The van der Waals surface area contributed by atoms with Gasteiger partial charge in [0, 0.05) is 16.5 Å². The molecule has 0 radical (unpaired) electrons. The van der Waals surface area contributed by atoms with E-state index in [0.29, 0.717) is 0 Å². The van der Waals surface area contributed by atoms with E-state index in [2.05, 4.69) is 41.3 Å². The fourth-order valence-electron chi connectivity index (χ4n) is 2.01. The van der Waals surface area contributed by atoms with Crippen molar-refractivity contribution >= 4 is 48.5 Å². The molecule has 0 aromatic heterocycles. The Bertz CT molecular complexity index is 718. The first-order valence-electron chi connectivity index (χ1n) is 6.55. The van der Waals surface area contributed by atoms with Crippen LogP contribution in [0.1, 0.15) is 6.99 Å². The van der Waals surface area contributed by atoms with Gasteiger partial charge in [0.05, 0.1) is 11.6 Å². The molecule has 1 heterocycles. The molecule has 0 spiro atoms. The van der Waals surface area contributed by atoms with Gasteiger partial charge in [-0.15, -0.1) is 11.8 Å². The SMILES string of the molecule is Clc1ccc2c(c1)N(Cc1ccccc1)CS2.[F][Sb-]([F])([F])([F])([F])[F].[H+]. The number of anilines is 1. The fraction of sp³-hybridized carbons (Fsp3) is 0.143. The summed E-state index contributed by atoms with van der Waals surface area (Å²) in [5.41, 5.74) is 2.59. The third-order valence-corrected chi connectivity index (χ3v) is 4.19. The van der Waals surface area contributed by atoms with Crippen LogP contribution in [0.15, 0.2) is 53.4 Å². The number of hydrogen-bond donors (Lipinski definition) is 0. The van der Waals surface area contributed by atoms with Crippen LogP contribution in [0.3, 0.4) is 0 Å². The molecule has 1 aliphatic heterocycles. The number of hydrogen-bond acceptors (Lipinski definition) is 2. The summed E-state index contributed by atoms with van der Waals surface area (Å²) in [6.07, 6.45) is 0. The Morgan fingerprint density at radius 2 is 1.58 bits per heavy atom. The van der Waals surface area contributed by atoms with Crippen LogP contribution >= 0.6 is 23.4 Å². The van der Waals surface area contributed by atoms with E-state index >= 15 is 0 Å². The number of nitrogens with zero attached hydrogens (tertiary/aromatic N) is 1. The van der Waals surface area contributed by atoms with E-state index in [0.717, 1.165) is 17.4 Å². The molecular weight excluding hydrogens is 485 g/mol. The van der Waals surface area contributed by atoms with Crippen molar-refractivity contribution in [3.63, 3.8) is 0 Å². The van der Waals surface area contributed by atoms with Crippen LogP contribution in [0.25, 0.3) is 0 Å². The number of fused-ring (bicyclic) bond motifs is 1. The summed E-state index contributed by atoms with van der Waals surface area (Å²) in [5.74, 6) is 1.00. The Labute approximate surface area is 148 Å². The van der Waals surface area contributed by atoms with Crippen LogP contribution < -0.4 is 4.90 Å². The maximum atomic E-state index is 9.93. The molecule has 0 amide bonds. The minimum Gasteiger partial charge on any atom is 1.00 e. The Morgan fingerprint density at radius 3 is 2.17 bits per heavy atom. The Kier molecular flexibility index (Phi) is 5.08. The third-order valence-electron chi connectivity index (χ3n) is 2.85. The van der Waals surface area contributed by atoms with Crippen LogP contribution in [0, 0.1) is 0 Å². The minimum atomic E-state index is -11.2. The van der Waals surface area contributed by atoms with Crippen LogP contribution in [0.5, 0.6) is 0 Å². The molecule has 0 fully saturated rings. The predicted octanol–water partition coefficient (Wildman–Crippen LogP) is 6.66. The number of halogens is 7. The van der Waals surface area contributed by atoms with Crippen molar-refractivity contribution in [3.8, 4) is 0 Å². The van der Waals surface area contributed by atoms with Crippen molar-refractivity contribution in [2.45, 2.75) is 11.4 Å². The average molecular weight is 499 g/mol. The molecule has 2 aromatic carbocycles. The van der Waals surface area contributed by atoms with Gasteiger partial charge < -0.3 is 4.90 Å². The molecule has 0 saturated heterocycles. The topological polar surface area (TPSA) is 3.24 Å². The molecule has 0 bridgehead atoms. The van der Waals surface area contributed by atoms with Gasteiger partial charge in [0.2, 0.25) is 0 Å². The first-order chi connectivity index (χ1) is 10.8. The summed E-state index contributed by atoms with van der Waals surface area (Å²) < 4.78 is 59.6. The molecule has 0 N–H and O–H groups in total. The second-order valence-corrected chi connectivity index (χ2v) is 11.9. The van der Waals surface area contributed by atoms with Crippen LogP contribution in [0.4, 0.5) is 22.6 Å². The van der Waals surface area contributed by atoms with E-state index in [9.17, 15) is 16.9 Å². The molecule has 0 atom stereocenters. The van der Waals surface area contributed by atoms with E-state index in [4.69, 9.17) is 11.6 Å². The molecule has 0 unspecified atom stereocenters. The fourth-order valence-corrected chi connectivity index (χ4v) is 3.20. The summed E-state index contributed by atoms with van der Waals surface area (Å²) in [7, 11) is 0. The minimum absolute atomic E-state index is 0. The number of benzene rings is 2. The van der Waals surface area contributed by atoms with Crippen LogP contribution in [0.2, 0.25) is 5.02 Å². The van der Waals surface area contributed by atoms with Crippen molar-refractivity contribution in [3.05, 3.63) is 59.1 Å². The van der Waals surface area contributed by atoms with Gasteiger partial charge in [0.15, 0.2) is 0 Å². The zero-order valence-electron chi connectivity index (χ0n) is 13.0. The predicted molar refractivity (Wildman–Crippen MR) is 88.3 cm³/mol.